The third-order valence-corrected chi connectivity index (χ3v) is 9.51. The molecule has 16 heteroatoms. The van der Waals surface area contributed by atoms with Crippen LogP contribution < -0.4 is 9.62 Å². The van der Waals surface area contributed by atoms with Crippen LogP contribution in [0.2, 0.25) is 0 Å². The molecule has 2 aliphatic carbocycles. The first-order valence-corrected chi connectivity index (χ1v) is 14.3. The number of imidazole rings is 1. The quantitative estimate of drug-likeness (QED) is 0.458. The Hall–Kier alpha value is -2.82. The molecular weight excluding hydrogens is 547 g/mol. The van der Waals surface area contributed by atoms with Gasteiger partial charge in [0.15, 0.2) is 10.8 Å². The molecule has 38 heavy (non-hydrogen) atoms. The van der Waals surface area contributed by atoms with Gasteiger partial charge in [-0.1, -0.05) is 11.3 Å². The number of ether oxygens (including phenoxy) is 1. The Balaban J connectivity index is 1.37. The van der Waals surface area contributed by atoms with Crippen LogP contribution in [0.5, 0.6) is 0 Å². The van der Waals surface area contributed by atoms with Gasteiger partial charge >= 0.3 is 6.18 Å². The van der Waals surface area contributed by atoms with Gasteiger partial charge in [-0.25, -0.2) is 18.1 Å². The molecule has 2 saturated carbocycles. The molecule has 3 aromatic rings. The fourth-order valence-corrected chi connectivity index (χ4v) is 6.61. The van der Waals surface area contributed by atoms with Gasteiger partial charge in [0.1, 0.15) is 10.5 Å². The maximum absolute atomic E-state index is 13.2. The number of hydrogen-bond donors (Lipinski definition) is 1. The van der Waals surface area contributed by atoms with Crippen LogP contribution in [0.1, 0.15) is 30.7 Å². The predicted molar refractivity (Wildman–Crippen MR) is 130 cm³/mol. The van der Waals surface area contributed by atoms with Crippen LogP contribution in [0, 0.1) is 0 Å². The summed E-state index contributed by atoms with van der Waals surface area (Å²) >= 11 is 0.336. The zero-order valence-electron chi connectivity index (χ0n) is 20.2. The molecule has 204 valence electrons. The third-order valence-electron chi connectivity index (χ3n) is 7.06. The number of rotatable bonds is 7. The number of halogens is 3. The Bertz CT molecular complexity index is 1500. The summed E-state index contributed by atoms with van der Waals surface area (Å²) in [5.41, 5.74) is 0.322. The van der Waals surface area contributed by atoms with Crippen LogP contribution in [0.3, 0.4) is 0 Å². The number of nitrogens with zero attached hydrogens (tertiary/aromatic N) is 6. The number of carbonyl (C=O) groups is 1. The fraction of sp³-hybridized carbons (Fsp3) is 0.545. The van der Waals surface area contributed by atoms with Crippen molar-refractivity contribution in [2.75, 3.05) is 38.2 Å². The molecule has 3 fully saturated rings. The summed E-state index contributed by atoms with van der Waals surface area (Å²) < 4.78 is 75.3. The molecule has 6 rings (SSSR count). The van der Waals surface area contributed by atoms with E-state index in [9.17, 15) is 26.4 Å². The lowest BCUT2D eigenvalue weighted by molar-refractivity contribution is -0.145. The van der Waals surface area contributed by atoms with Crippen LogP contribution in [-0.4, -0.2) is 83.7 Å². The maximum Gasteiger partial charge on any atom is 0.445 e. The zero-order valence-corrected chi connectivity index (χ0v) is 21.9. The molecule has 3 aromatic heterocycles. The van der Waals surface area contributed by atoms with Crippen molar-refractivity contribution >= 4 is 38.5 Å². The molecule has 1 amide bonds. The van der Waals surface area contributed by atoms with Crippen molar-refractivity contribution in [2.45, 2.75) is 48.4 Å². The van der Waals surface area contributed by atoms with Crippen LogP contribution in [0.15, 0.2) is 23.4 Å². The summed E-state index contributed by atoms with van der Waals surface area (Å²) in [6.45, 7) is 1.69. The maximum atomic E-state index is 13.2. The number of piperazine rings is 1. The van der Waals surface area contributed by atoms with E-state index in [0.29, 0.717) is 61.6 Å². The Morgan fingerprint density at radius 1 is 1.18 bits per heavy atom. The summed E-state index contributed by atoms with van der Waals surface area (Å²) in [7, 11) is -2.37. The van der Waals surface area contributed by atoms with Crippen molar-refractivity contribution in [1.82, 2.24) is 29.2 Å². The average Bonchev–Trinajstić information content (AvgIpc) is 3.77. The standard InChI is InChI=1S/C22H24F3N7O4S2/c1-36-21(4-5-21)20(33)31-8-6-30(7-9-31)15-10-14(38(34,35)29-13-2-3-13)12-32-16(15)11-26-17(32)18-27-28-19(37-18)22(23,24)25/h10-13,29H,2-9H2,1H3. The normalized spacial score (nSPS) is 19.8. The highest BCUT2D eigenvalue weighted by Crippen LogP contribution is 2.41. The number of sulfonamides is 1. The van der Waals surface area contributed by atoms with E-state index < -0.39 is 26.8 Å². The van der Waals surface area contributed by atoms with Gasteiger partial charge < -0.3 is 14.5 Å². The van der Waals surface area contributed by atoms with Gasteiger partial charge in [0.25, 0.3) is 5.91 Å². The molecular formula is C22H24F3N7O4S2. The lowest BCUT2D eigenvalue weighted by atomic mass is 10.2. The second kappa shape index (κ2) is 8.86. The molecule has 0 unspecified atom stereocenters. The minimum absolute atomic E-state index is 0.0402. The van der Waals surface area contributed by atoms with E-state index >= 15 is 0 Å². The Kier molecular flexibility index (Phi) is 5.93. The Morgan fingerprint density at radius 3 is 2.47 bits per heavy atom. The number of aromatic nitrogens is 4. The number of carbonyl (C=O) groups excluding carboxylic acids is 1. The first-order chi connectivity index (χ1) is 18.0. The highest BCUT2D eigenvalue weighted by molar-refractivity contribution is 7.89. The molecule has 0 bridgehead atoms. The zero-order chi connectivity index (χ0) is 26.9. The van der Waals surface area contributed by atoms with Crippen molar-refractivity contribution in [1.29, 1.82) is 0 Å². The fourth-order valence-electron chi connectivity index (χ4n) is 4.59. The largest absolute Gasteiger partial charge is 0.445 e. The first-order valence-electron chi connectivity index (χ1n) is 12.0. The molecule has 11 nitrogen and oxygen atoms in total. The van der Waals surface area contributed by atoms with Crippen LogP contribution in [0.25, 0.3) is 16.3 Å². The molecule has 1 saturated heterocycles. The van der Waals surface area contributed by atoms with E-state index in [1.54, 1.807) is 11.0 Å². The van der Waals surface area contributed by atoms with Crippen LogP contribution in [-0.2, 0) is 25.7 Å². The number of methoxy groups -OCH3 is 1. The first kappa shape index (κ1) is 25.5. The molecule has 0 atom stereocenters. The predicted octanol–water partition coefficient (Wildman–Crippen LogP) is 2.14. The summed E-state index contributed by atoms with van der Waals surface area (Å²) in [6, 6.07) is 1.41. The Labute approximate surface area is 219 Å². The molecule has 1 aliphatic heterocycles. The minimum atomic E-state index is -4.66. The lowest BCUT2D eigenvalue weighted by Gasteiger charge is -2.37. The highest BCUT2D eigenvalue weighted by atomic mass is 32.2. The third kappa shape index (κ3) is 4.52. The molecule has 0 spiro atoms. The van der Waals surface area contributed by atoms with E-state index in [0.717, 1.165) is 12.8 Å². The van der Waals surface area contributed by atoms with E-state index in [1.165, 1.54) is 23.9 Å². The molecule has 1 N–H and O–H groups in total. The second-order valence-corrected chi connectivity index (χ2v) is 12.4. The van der Waals surface area contributed by atoms with Crippen molar-refractivity contribution in [2.24, 2.45) is 0 Å². The monoisotopic (exact) mass is 571 g/mol. The van der Waals surface area contributed by atoms with Crippen molar-refractivity contribution in [3.63, 3.8) is 0 Å². The number of hydrogen-bond acceptors (Lipinski definition) is 9. The van der Waals surface area contributed by atoms with E-state index in [4.69, 9.17) is 4.74 Å². The van der Waals surface area contributed by atoms with Crippen LogP contribution in [0.4, 0.5) is 18.9 Å². The summed E-state index contributed by atoms with van der Waals surface area (Å²) in [4.78, 5) is 20.8. The number of nitrogens with one attached hydrogen (secondary N) is 1. The number of fused-ring (bicyclic) bond motifs is 1. The Morgan fingerprint density at radius 2 is 1.89 bits per heavy atom. The van der Waals surface area contributed by atoms with Gasteiger partial charge in [0.2, 0.25) is 15.0 Å². The summed E-state index contributed by atoms with van der Waals surface area (Å²) in [5, 5.41) is 5.70. The lowest BCUT2D eigenvalue weighted by Crippen LogP contribution is -2.52. The van der Waals surface area contributed by atoms with Crippen LogP contribution >= 0.6 is 11.3 Å². The van der Waals surface area contributed by atoms with E-state index in [1.807, 2.05) is 4.90 Å². The average molecular weight is 572 g/mol. The number of pyridine rings is 1. The van der Waals surface area contributed by atoms with Gasteiger partial charge in [-0.3, -0.25) is 9.20 Å². The van der Waals surface area contributed by atoms with Gasteiger partial charge in [-0.15, -0.1) is 10.2 Å². The number of alkyl halides is 3. The van der Waals surface area contributed by atoms with E-state index in [2.05, 4.69) is 19.9 Å². The highest BCUT2D eigenvalue weighted by Gasteiger charge is 2.52. The van der Waals surface area contributed by atoms with Crippen molar-refractivity contribution < 1.29 is 31.1 Å². The summed E-state index contributed by atoms with van der Waals surface area (Å²) in [5.74, 6) is 0.0143. The molecule has 3 aliphatic rings. The SMILES string of the molecule is COC1(C(=O)N2CCN(c3cc(S(=O)(=O)NC4CC4)cn4c(-c5nnc(C(F)(F)F)s5)ncc34)CC2)CC1. The van der Waals surface area contributed by atoms with Gasteiger partial charge in [0.05, 0.1) is 17.4 Å². The topological polar surface area (TPSA) is 122 Å². The van der Waals surface area contributed by atoms with Crippen molar-refractivity contribution in [3.05, 3.63) is 23.5 Å². The summed E-state index contributed by atoms with van der Waals surface area (Å²) in [6.07, 6.45) is 1.04. The van der Waals surface area contributed by atoms with Gasteiger partial charge in [-0.05, 0) is 31.7 Å². The second-order valence-electron chi connectivity index (χ2n) is 9.68. The molecule has 0 radical (unpaired) electrons. The van der Waals surface area contributed by atoms with Gasteiger partial charge in [0, 0.05) is 45.5 Å². The number of amides is 1. The molecule has 0 aromatic carbocycles. The molecule has 4 heterocycles. The van der Waals surface area contributed by atoms with Crippen molar-refractivity contribution in [3.8, 4) is 10.8 Å². The van der Waals surface area contributed by atoms with Gasteiger partial charge in [-0.2, -0.15) is 13.2 Å². The smallest absolute Gasteiger partial charge is 0.368 e. The number of anilines is 1. The van der Waals surface area contributed by atoms with E-state index in [-0.39, 0.29) is 27.7 Å². The minimum Gasteiger partial charge on any atom is -0.368 e.